The molecule has 0 bridgehead atoms. The van der Waals surface area contributed by atoms with Gasteiger partial charge in [0.05, 0.1) is 0 Å². The molecule has 0 rings (SSSR count). The van der Waals surface area contributed by atoms with Crippen molar-refractivity contribution >= 4 is 0 Å². The third-order valence-electron chi connectivity index (χ3n) is 4.70. The average Bonchev–Trinajstić information content (AvgIpc) is 2.49. The molecule has 0 aliphatic carbocycles. The van der Waals surface area contributed by atoms with Crippen LogP contribution in [0, 0.1) is 42.4 Å². The molecule has 0 aliphatic heterocycles. The van der Waals surface area contributed by atoms with Gasteiger partial charge in [-0.1, -0.05) is 51.9 Å². The summed E-state index contributed by atoms with van der Waals surface area (Å²) in [4.78, 5) is 0. The molecule has 0 aromatic rings. The third-order valence-corrected chi connectivity index (χ3v) is 4.70. The van der Waals surface area contributed by atoms with E-state index in [1.54, 1.807) is 0 Å². The lowest BCUT2D eigenvalue weighted by Gasteiger charge is -2.26. The summed E-state index contributed by atoms with van der Waals surface area (Å²) >= 11 is 0. The van der Waals surface area contributed by atoms with Crippen molar-refractivity contribution in [3.05, 3.63) is 0 Å². The summed E-state index contributed by atoms with van der Waals surface area (Å²) in [5.74, 6) is 6.68. The van der Waals surface area contributed by atoms with Crippen molar-refractivity contribution in [3.8, 4) is 24.7 Å². The summed E-state index contributed by atoms with van der Waals surface area (Å²) in [6.07, 6.45) is 15.9. The zero-order valence-electron chi connectivity index (χ0n) is 13.9. The molecule has 21 heavy (non-hydrogen) atoms. The second-order valence-corrected chi connectivity index (χ2v) is 6.39. The largest absolute Gasteiger partial charge is 0.380 e. The smallest absolute Gasteiger partial charge is 0.114 e. The van der Waals surface area contributed by atoms with Gasteiger partial charge in [0.15, 0.2) is 0 Å². The van der Waals surface area contributed by atoms with Crippen molar-refractivity contribution in [2.45, 2.75) is 77.9 Å². The standard InChI is InChI=1S/C19H32O2/c1-6-18(20)13-9-8-11-15(3)17(5)16(4)12-10-14-19(21)7-2/h1-2,15-21H,8-14H2,3-5H3. The van der Waals surface area contributed by atoms with Gasteiger partial charge in [-0.05, 0) is 43.4 Å². The molecule has 2 N–H and O–H groups in total. The first-order valence-corrected chi connectivity index (χ1v) is 8.20. The highest BCUT2D eigenvalue weighted by molar-refractivity contribution is 4.93. The molecule has 120 valence electrons. The van der Waals surface area contributed by atoms with Crippen LogP contribution in [0.5, 0.6) is 0 Å². The Labute approximate surface area is 131 Å². The van der Waals surface area contributed by atoms with Crippen LogP contribution in [0.15, 0.2) is 0 Å². The van der Waals surface area contributed by atoms with Crippen LogP contribution in [-0.2, 0) is 0 Å². The highest BCUT2D eigenvalue weighted by Gasteiger charge is 2.18. The van der Waals surface area contributed by atoms with Crippen molar-refractivity contribution in [3.63, 3.8) is 0 Å². The minimum atomic E-state index is -0.590. The van der Waals surface area contributed by atoms with E-state index in [0.29, 0.717) is 30.6 Å². The van der Waals surface area contributed by atoms with Crippen molar-refractivity contribution in [1.82, 2.24) is 0 Å². The van der Waals surface area contributed by atoms with E-state index in [-0.39, 0.29) is 0 Å². The number of terminal acetylenes is 2. The maximum atomic E-state index is 9.36. The molecule has 0 aromatic carbocycles. The van der Waals surface area contributed by atoms with Crippen molar-refractivity contribution in [2.75, 3.05) is 0 Å². The topological polar surface area (TPSA) is 40.5 Å². The summed E-state index contributed by atoms with van der Waals surface area (Å²) in [5.41, 5.74) is 0. The van der Waals surface area contributed by atoms with Gasteiger partial charge in [0.25, 0.3) is 0 Å². The fraction of sp³-hybridized carbons (Fsp3) is 0.789. The van der Waals surface area contributed by atoms with E-state index >= 15 is 0 Å². The van der Waals surface area contributed by atoms with E-state index in [9.17, 15) is 10.2 Å². The SMILES string of the molecule is C#CC(O)CCCCC(C)C(C)C(C)CCCC(O)C#C. The Hall–Kier alpha value is -0.960. The highest BCUT2D eigenvalue weighted by Crippen LogP contribution is 2.28. The normalized spacial score (nSPS) is 18.0. The summed E-state index contributed by atoms with van der Waals surface area (Å²) in [7, 11) is 0. The first-order chi connectivity index (χ1) is 9.92. The second kappa shape index (κ2) is 11.7. The zero-order chi connectivity index (χ0) is 16.3. The predicted octanol–water partition coefficient (Wildman–Crippen LogP) is 3.61. The fourth-order valence-corrected chi connectivity index (χ4v) is 2.69. The number of hydrogen-bond donors (Lipinski definition) is 2. The van der Waals surface area contributed by atoms with Crippen LogP contribution in [0.25, 0.3) is 0 Å². The monoisotopic (exact) mass is 292 g/mol. The quantitative estimate of drug-likeness (QED) is 0.451. The molecule has 0 aromatic heterocycles. The Bertz CT molecular complexity index is 336. The number of hydrogen-bond acceptors (Lipinski definition) is 2. The molecule has 0 saturated carbocycles. The summed E-state index contributed by atoms with van der Waals surface area (Å²) < 4.78 is 0. The van der Waals surface area contributed by atoms with Gasteiger partial charge in [-0.15, -0.1) is 12.8 Å². The summed E-state index contributed by atoms with van der Waals surface area (Å²) in [5, 5.41) is 18.7. The minimum Gasteiger partial charge on any atom is -0.380 e. The number of aliphatic hydroxyl groups excluding tert-OH is 2. The predicted molar refractivity (Wildman–Crippen MR) is 89.5 cm³/mol. The molecule has 2 nitrogen and oxygen atoms in total. The summed E-state index contributed by atoms with van der Waals surface area (Å²) in [6.45, 7) is 6.89. The lowest BCUT2D eigenvalue weighted by Crippen LogP contribution is -2.17. The van der Waals surface area contributed by atoms with E-state index in [1.807, 2.05) is 0 Å². The summed E-state index contributed by atoms with van der Waals surface area (Å²) in [6, 6.07) is 0. The molecule has 0 saturated heterocycles. The molecule has 0 fully saturated rings. The molecule has 2 heteroatoms. The van der Waals surface area contributed by atoms with Crippen molar-refractivity contribution in [1.29, 1.82) is 0 Å². The van der Waals surface area contributed by atoms with Gasteiger partial charge in [0, 0.05) is 0 Å². The van der Waals surface area contributed by atoms with Gasteiger partial charge < -0.3 is 10.2 Å². The first-order valence-electron chi connectivity index (χ1n) is 8.20. The van der Waals surface area contributed by atoms with Crippen LogP contribution in [0.4, 0.5) is 0 Å². The molecule has 0 spiro atoms. The lowest BCUT2D eigenvalue weighted by molar-refractivity contribution is 0.198. The lowest BCUT2D eigenvalue weighted by atomic mass is 9.80. The van der Waals surface area contributed by atoms with Gasteiger partial charge in [-0.25, -0.2) is 0 Å². The van der Waals surface area contributed by atoms with Crippen LogP contribution in [0.3, 0.4) is 0 Å². The van der Waals surface area contributed by atoms with E-state index in [1.165, 1.54) is 6.42 Å². The molecule has 0 amide bonds. The highest BCUT2D eigenvalue weighted by atomic mass is 16.3. The average molecular weight is 292 g/mol. The number of unbranched alkanes of at least 4 members (excludes halogenated alkanes) is 1. The molecule has 5 atom stereocenters. The van der Waals surface area contributed by atoms with Crippen molar-refractivity contribution < 1.29 is 10.2 Å². The van der Waals surface area contributed by atoms with E-state index in [2.05, 4.69) is 32.6 Å². The Balaban J connectivity index is 3.84. The van der Waals surface area contributed by atoms with E-state index in [0.717, 1.165) is 25.7 Å². The third kappa shape index (κ3) is 9.57. The molecule has 0 aliphatic rings. The van der Waals surface area contributed by atoms with Crippen molar-refractivity contribution in [2.24, 2.45) is 17.8 Å². The van der Waals surface area contributed by atoms with E-state index < -0.39 is 12.2 Å². The number of rotatable bonds is 11. The van der Waals surface area contributed by atoms with Crippen LogP contribution >= 0.6 is 0 Å². The van der Waals surface area contributed by atoms with Gasteiger partial charge in [-0.2, -0.15) is 0 Å². The van der Waals surface area contributed by atoms with Gasteiger partial charge in [-0.3, -0.25) is 0 Å². The Morgan fingerprint density at radius 3 is 1.57 bits per heavy atom. The minimum absolute atomic E-state index is 0.584. The zero-order valence-corrected chi connectivity index (χ0v) is 13.9. The second-order valence-electron chi connectivity index (χ2n) is 6.39. The molecule has 0 heterocycles. The number of aliphatic hydroxyl groups is 2. The van der Waals surface area contributed by atoms with Gasteiger partial charge in [0.1, 0.15) is 12.2 Å². The molecular weight excluding hydrogens is 260 g/mol. The van der Waals surface area contributed by atoms with Crippen LogP contribution in [0.1, 0.15) is 65.7 Å². The fourth-order valence-electron chi connectivity index (χ4n) is 2.69. The maximum Gasteiger partial charge on any atom is 0.114 e. The Kier molecular flexibility index (Phi) is 11.1. The Morgan fingerprint density at radius 2 is 1.10 bits per heavy atom. The van der Waals surface area contributed by atoms with Gasteiger partial charge in [0.2, 0.25) is 0 Å². The first kappa shape index (κ1) is 20.0. The molecular formula is C19H32O2. The van der Waals surface area contributed by atoms with Crippen LogP contribution in [0.2, 0.25) is 0 Å². The van der Waals surface area contributed by atoms with Crippen LogP contribution in [-0.4, -0.2) is 22.4 Å². The molecule has 0 radical (unpaired) electrons. The molecule has 5 unspecified atom stereocenters. The maximum absolute atomic E-state index is 9.36. The van der Waals surface area contributed by atoms with E-state index in [4.69, 9.17) is 12.8 Å². The van der Waals surface area contributed by atoms with Gasteiger partial charge >= 0.3 is 0 Å². The van der Waals surface area contributed by atoms with Crippen LogP contribution < -0.4 is 0 Å². The Morgan fingerprint density at radius 1 is 0.714 bits per heavy atom.